The van der Waals surface area contributed by atoms with Crippen LogP contribution < -0.4 is 0 Å². The number of H-pyrrole nitrogens is 1. The van der Waals surface area contributed by atoms with Gasteiger partial charge in [0.25, 0.3) is 0 Å². The summed E-state index contributed by atoms with van der Waals surface area (Å²) in [5.74, 6) is 5.76. The summed E-state index contributed by atoms with van der Waals surface area (Å²) in [4.78, 5) is 7.13. The highest BCUT2D eigenvalue weighted by Gasteiger charge is 2.32. The van der Waals surface area contributed by atoms with Crippen molar-refractivity contribution in [2.45, 2.75) is 57.2 Å². The molecule has 29 heavy (non-hydrogen) atoms. The van der Waals surface area contributed by atoms with Gasteiger partial charge in [0.1, 0.15) is 11.3 Å². The molecule has 0 atom stereocenters. The molecule has 2 aliphatic rings. The van der Waals surface area contributed by atoms with Gasteiger partial charge in [0.05, 0.1) is 20.6 Å². The van der Waals surface area contributed by atoms with E-state index in [1.807, 2.05) is 12.3 Å². The Balaban J connectivity index is 1.58. The van der Waals surface area contributed by atoms with Crippen molar-refractivity contribution in [2.75, 3.05) is 13.1 Å². The van der Waals surface area contributed by atoms with E-state index < -0.39 is 5.60 Å². The molecule has 6 nitrogen and oxygen atoms in total. The van der Waals surface area contributed by atoms with Crippen LogP contribution in [0.3, 0.4) is 0 Å². The minimum Gasteiger partial charge on any atom is -0.378 e. The van der Waals surface area contributed by atoms with Gasteiger partial charge in [-0.25, -0.2) is 4.98 Å². The fourth-order valence-corrected chi connectivity index (χ4v) is 4.23. The van der Waals surface area contributed by atoms with E-state index >= 15 is 0 Å². The maximum atomic E-state index is 9.94. The zero-order valence-corrected chi connectivity index (χ0v) is 16.9. The Bertz CT molecular complexity index is 1160. The summed E-state index contributed by atoms with van der Waals surface area (Å²) in [6.07, 6.45) is 8.89. The number of fused-ring (bicyclic) bond motifs is 1. The molecule has 1 saturated carbocycles. The number of pyridine rings is 1. The van der Waals surface area contributed by atoms with Crippen LogP contribution in [0.2, 0.25) is 0 Å². The second kappa shape index (κ2) is 7.01. The Morgan fingerprint density at radius 3 is 2.69 bits per heavy atom. The van der Waals surface area contributed by atoms with Gasteiger partial charge in [0, 0.05) is 54.1 Å². The van der Waals surface area contributed by atoms with Gasteiger partial charge < -0.3 is 14.6 Å². The van der Waals surface area contributed by atoms with Crippen LogP contribution in [-0.2, 0) is 0 Å². The topological polar surface area (TPSA) is 70.0 Å². The highest BCUT2D eigenvalue weighted by atomic mass is 16.3. The monoisotopic (exact) mass is 391 g/mol. The molecule has 2 N–H and O–H groups in total. The van der Waals surface area contributed by atoms with E-state index in [4.69, 9.17) is 2.74 Å². The molecule has 150 valence electrons. The summed E-state index contributed by atoms with van der Waals surface area (Å²) < 4.78 is 18.7. The van der Waals surface area contributed by atoms with Crippen molar-refractivity contribution in [1.29, 1.82) is 0 Å². The number of likely N-dealkylation sites (tertiary alicyclic amines) is 1. The Kier molecular flexibility index (Phi) is 3.92. The van der Waals surface area contributed by atoms with E-state index in [1.165, 1.54) is 12.8 Å². The molecular weight excluding hydrogens is 362 g/mol. The summed E-state index contributed by atoms with van der Waals surface area (Å²) >= 11 is 0. The van der Waals surface area contributed by atoms with Gasteiger partial charge in [-0.15, -0.1) is 0 Å². The van der Waals surface area contributed by atoms with E-state index in [0.29, 0.717) is 17.3 Å². The predicted octanol–water partition coefficient (Wildman–Crippen LogP) is 3.35. The lowest BCUT2D eigenvalue weighted by atomic mass is 10.0. The SMILES string of the molecule is [2H]c1n[nH]c([2H])c1-c1cn(C2CCN(C3CC3)CC2)c2cnc(C#CC(C)(C)O)cc12. The largest absolute Gasteiger partial charge is 0.378 e. The Morgan fingerprint density at radius 1 is 1.24 bits per heavy atom. The predicted molar refractivity (Wildman–Crippen MR) is 113 cm³/mol. The molecule has 1 saturated heterocycles. The van der Waals surface area contributed by atoms with Crippen LogP contribution in [0.25, 0.3) is 22.0 Å². The van der Waals surface area contributed by atoms with Gasteiger partial charge in [0.2, 0.25) is 0 Å². The molecule has 0 spiro atoms. The first kappa shape index (κ1) is 16.2. The number of aromatic amines is 1. The number of piperidine rings is 1. The molecule has 5 rings (SSSR count). The Morgan fingerprint density at radius 2 is 2.03 bits per heavy atom. The first-order valence-electron chi connectivity index (χ1n) is 11.3. The summed E-state index contributed by atoms with van der Waals surface area (Å²) in [6.45, 7) is 5.48. The molecule has 0 unspecified atom stereocenters. The third kappa shape index (κ3) is 3.81. The lowest BCUT2D eigenvalue weighted by Crippen LogP contribution is -2.35. The van der Waals surface area contributed by atoms with E-state index in [1.54, 1.807) is 13.8 Å². The number of aromatic nitrogens is 4. The fraction of sp³-hybridized carbons (Fsp3) is 0.478. The minimum absolute atomic E-state index is 0.0635. The number of hydrogen-bond donors (Lipinski definition) is 2. The summed E-state index contributed by atoms with van der Waals surface area (Å²) in [5.41, 5.74) is 1.73. The van der Waals surface area contributed by atoms with Gasteiger partial charge in [-0.3, -0.25) is 5.10 Å². The number of nitrogens with one attached hydrogen (secondary N) is 1. The fourth-order valence-electron chi connectivity index (χ4n) is 4.23. The van der Waals surface area contributed by atoms with Crippen LogP contribution >= 0.6 is 0 Å². The molecule has 0 amide bonds. The molecule has 1 aliphatic heterocycles. The highest BCUT2D eigenvalue weighted by molar-refractivity contribution is 5.96. The quantitative estimate of drug-likeness (QED) is 0.672. The maximum Gasteiger partial charge on any atom is 0.120 e. The molecule has 3 aromatic heterocycles. The third-order valence-electron chi connectivity index (χ3n) is 5.85. The van der Waals surface area contributed by atoms with Crippen molar-refractivity contribution in [3.63, 3.8) is 0 Å². The van der Waals surface area contributed by atoms with Gasteiger partial charge in [-0.05, 0) is 51.5 Å². The Hall–Kier alpha value is -2.62. The summed E-state index contributed by atoms with van der Waals surface area (Å²) in [6, 6.07) is 3.04. The van der Waals surface area contributed by atoms with Gasteiger partial charge in [0.15, 0.2) is 0 Å². The molecule has 0 bridgehead atoms. The zero-order chi connectivity index (χ0) is 21.8. The van der Waals surface area contributed by atoms with Crippen molar-refractivity contribution in [3.8, 4) is 23.0 Å². The van der Waals surface area contributed by atoms with E-state index in [-0.39, 0.29) is 12.3 Å². The first-order chi connectivity index (χ1) is 14.8. The average Bonchev–Trinajstić information content (AvgIpc) is 3.45. The molecule has 3 aromatic rings. The molecule has 2 fully saturated rings. The van der Waals surface area contributed by atoms with Crippen molar-refractivity contribution in [3.05, 3.63) is 36.5 Å². The second-order valence-electron chi connectivity index (χ2n) is 8.68. The summed E-state index contributed by atoms with van der Waals surface area (Å²) in [7, 11) is 0. The number of aliphatic hydroxyl groups is 1. The van der Waals surface area contributed by atoms with E-state index in [9.17, 15) is 5.11 Å². The van der Waals surface area contributed by atoms with Crippen LogP contribution in [0.5, 0.6) is 0 Å². The van der Waals surface area contributed by atoms with Crippen LogP contribution in [0.15, 0.2) is 30.8 Å². The number of hydrogen-bond acceptors (Lipinski definition) is 4. The zero-order valence-electron chi connectivity index (χ0n) is 18.9. The number of nitrogens with zero attached hydrogens (tertiary/aromatic N) is 4. The van der Waals surface area contributed by atoms with Crippen LogP contribution in [0.4, 0.5) is 0 Å². The molecule has 0 aromatic carbocycles. The molecular formula is C23H27N5O. The van der Waals surface area contributed by atoms with Gasteiger partial charge >= 0.3 is 0 Å². The number of rotatable bonds is 3. The molecule has 4 heterocycles. The van der Waals surface area contributed by atoms with Crippen LogP contribution in [0, 0.1) is 11.8 Å². The second-order valence-corrected chi connectivity index (χ2v) is 8.68. The third-order valence-corrected chi connectivity index (χ3v) is 5.85. The van der Waals surface area contributed by atoms with E-state index in [2.05, 4.69) is 42.7 Å². The highest BCUT2D eigenvalue weighted by Crippen LogP contribution is 2.37. The van der Waals surface area contributed by atoms with Crippen molar-refractivity contribution in [1.82, 2.24) is 24.6 Å². The van der Waals surface area contributed by atoms with Crippen molar-refractivity contribution in [2.24, 2.45) is 0 Å². The normalized spacial score (nSPS) is 19.7. The standard InChI is InChI=1S/C23H27N5O/c1-23(2,29)8-5-17-11-20-21(16-12-25-26-13-16)15-28(22(20)14-24-17)19-6-9-27(10-7-19)18-3-4-18/h11-15,18-19,29H,3-4,6-7,9-10H2,1-2H3,(H,25,26)/i12D,13D. The first-order valence-corrected chi connectivity index (χ1v) is 10.3. The van der Waals surface area contributed by atoms with Crippen molar-refractivity contribution < 1.29 is 7.85 Å². The van der Waals surface area contributed by atoms with Crippen molar-refractivity contribution >= 4 is 10.9 Å². The lowest BCUT2D eigenvalue weighted by Gasteiger charge is -2.33. The van der Waals surface area contributed by atoms with Crippen LogP contribution in [-0.4, -0.2) is 54.5 Å². The molecule has 0 radical (unpaired) electrons. The van der Waals surface area contributed by atoms with Gasteiger partial charge in [-0.2, -0.15) is 5.10 Å². The van der Waals surface area contributed by atoms with Crippen LogP contribution in [0.1, 0.15) is 54.0 Å². The smallest absolute Gasteiger partial charge is 0.120 e. The molecule has 1 aliphatic carbocycles. The summed E-state index contributed by atoms with van der Waals surface area (Å²) in [5, 5.41) is 17.4. The minimum atomic E-state index is -1.10. The maximum absolute atomic E-state index is 9.94. The van der Waals surface area contributed by atoms with Gasteiger partial charge in [-0.1, -0.05) is 5.92 Å². The molecule has 6 heteroatoms. The average molecular weight is 392 g/mol. The lowest BCUT2D eigenvalue weighted by molar-refractivity contribution is 0.143. The van der Waals surface area contributed by atoms with E-state index in [0.717, 1.165) is 48.4 Å². The Labute approximate surface area is 173 Å².